The average Bonchev–Trinajstić information content (AvgIpc) is 3.44. The first-order valence-electron chi connectivity index (χ1n) is 12.2. The molecule has 4 unspecified atom stereocenters. The van der Waals surface area contributed by atoms with Crippen molar-refractivity contribution in [2.24, 2.45) is 0 Å². The Balaban J connectivity index is 1.25. The van der Waals surface area contributed by atoms with Gasteiger partial charge in [0.15, 0.2) is 13.8 Å². The SMILES string of the molecule is Cc1ccc(P(=O)([O-])OP(=O)([O-])OC[C@H]2O[C@@H](N3C=C4C=C(c5ccccc5)OC4NC3=O)C(O)[C@H]2O)cc1C. The molecule has 0 bridgehead atoms. The first kappa shape index (κ1) is 28.7. The van der Waals surface area contributed by atoms with E-state index in [4.69, 9.17) is 9.47 Å². The number of nitrogens with one attached hydrogen (secondary N) is 1. The number of phosphoric acid groups is 1. The van der Waals surface area contributed by atoms with Crippen LogP contribution in [-0.2, 0) is 27.4 Å². The lowest BCUT2D eigenvalue weighted by Gasteiger charge is -2.33. The van der Waals surface area contributed by atoms with Gasteiger partial charge in [0.1, 0.15) is 24.1 Å². The van der Waals surface area contributed by atoms with Crippen LogP contribution in [0.4, 0.5) is 4.79 Å². The number of carbonyl (C=O) groups is 1. The van der Waals surface area contributed by atoms with E-state index in [-0.39, 0.29) is 5.30 Å². The van der Waals surface area contributed by atoms with Crippen LogP contribution >= 0.6 is 15.4 Å². The van der Waals surface area contributed by atoms with E-state index in [1.54, 1.807) is 19.9 Å². The van der Waals surface area contributed by atoms with Crippen molar-refractivity contribution in [3.05, 3.63) is 83.1 Å². The normalized spacial score (nSPS) is 29.0. The summed E-state index contributed by atoms with van der Waals surface area (Å²) in [5.74, 6) is 0.515. The van der Waals surface area contributed by atoms with Crippen molar-refractivity contribution in [2.75, 3.05) is 6.61 Å². The van der Waals surface area contributed by atoms with Crippen LogP contribution in [0.3, 0.4) is 0 Å². The average molecular weight is 592 g/mol. The van der Waals surface area contributed by atoms with Gasteiger partial charge in [0, 0.05) is 22.6 Å². The maximum absolute atomic E-state index is 12.8. The molecule has 3 heterocycles. The van der Waals surface area contributed by atoms with Crippen molar-refractivity contribution in [1.29, 1.82) is 0 Å². The molecular weight excluding hydrogens is 566 g/mol. The van der Waals surface area contributed by atoms with Crippen LogP contribution in [0.15, 0.2) is 66.4 Å². The number of aryl methyl sites for hydroxylation is 2. The number of ether oxygens (including phenoxy) is 2. The molecule has 0 aromatic heterocycles. The van der Waals surface area contributed by atoms with Crippen molar-refractivity contribution in [3.63, 3.8) is 0 Å². The highest BCUT2D eigenvalue weighted by molar-refractivity contribution is 7.67. The molecule has 5 rings (SSSR count). The minimum Gasteiger partial charge on any atom is -0.775 e. The molecule has 0 saturated carbocycles. The molecule has 15 heteroatoms. The summed E-state index contributed by atoms with van der Waals surface area (Å²) in [7, 11) is -10.5. The minimum absolute atomic E-state index is 0.356. The van der Waals surface area contributed by atoms with Gasteiger partial charge in [0.05, 0.1) is 6.61 Å². The molecule has 214 valence electrons. The largest absolute Gasteiger partial charge is 0.775 e. The monoisotopic (exact) mass is 592 g/mol. The van der Waals surface area contributed by atoms with Gasteiger partial charge in [-0.15, -0.1) is 0 Å². The fourth-order valence-electron chi connectivity index (χ4n) is 4.38. The maximum atomic E-state index is 12.8. The van der Waals surface area contributed by atoms with Crippen LogP contribution in [0.25, 0.3) is 5.76 Å². The molecule has 2 aromatic rings. The Kier molecular flexibility index (Phi) is 7.79. The van der Waals surface area contributed by atoms with Crippen LogP contribution in [0.2, 0.25) is 0 Å². The number of carbonyl (C=O) groups excluding carboxylic acids is 1. The summed E-state index contributed by atoms with van der Waals surface area (Å²) < 4.78 is 45.2. The van der Waals surface area contributed by atoms with E-state index in [1.165, 1.54) is 24.4 Å². The summed E-state index contributed by atoms with van der Waals surface area (Å²) >= 11 is 0. The topological polar surface area (TPSA) is 190 Å². The van der Waals surface area contributed by atoms with E-state index in [2.05, 4.69) is 14.2 Å². The third kappa shape index (κ3) is 5.80. The highest BCUT2D eigenvalue weighted by Gasteiger charge is 2.49. The molecule has 13 nitrogen and oxygen atoms in total. The van der Waals surface area contributed by atoms with Crippen molar-refractivity contribution in [1.82, 2.24) is 10.2 Å². The number of aliphatic hydroxyl groups is 2. The predicted octanol–water partition coefficient (Wildman–Crippen LogP) is 0.737. The summed E-state index contributed by atoms with van der Waals surface area (Å²) in [5, 5.41) is 23.3. The van der Waals surface area contributed by atoms with E-state index in [1.807, 2.05) is 30.3 Å². The molecule has 3 aliphatic rings. The minimum atomic E-state index is -5.45. The van der Waals surface area contributed by atoms with Crippen LogP contribution < -0.4 is 20.4 Å². The molecular formula is C25H26N2O11P2-2. The number of phosphoric ester groups is 1. The number of urea groups is 1. The van der Waals surface area contributed by atoms with E-state index >= 15 is 0 Å². The smallest absolute Gasteiger partial charge is 0.326 e. The molecule has 0 aliphatic carbocycles. The number of hydrogen-bond acceptors (Lipinski definition) is 11. The Hall–Kier alpha value is -2.83. The third-order valence-corrected chi connectivity index (χ3v) is 9.74. The van der Waals surface area contributed by atoms with Crippen molar-refractivity contribution < 1.29 is 52.2 Å². The Morgan fingerprint density at radius 3 is 2.48 bits per heavy atom. The molecule has 3 N–H and O–H groups in total. The second-order valence-corrected chi connectivity index (χ2v) is 12.8. The molecule has 1 fully saturated rings. The molecule has 3 aliphatic heterocycles. The summed E-state index contributed by atoms with van der Waals surface area (Å²) in [6.45, 7) is 2.52. The lowest BCUT2D eigenvalue weighted by molar-refractivity contribution is -0.232. The third-order valence-electron chi connectivity index (χ3n) is 6.70. The van der Waals surface area contributed by atoms with Gasteiger partial charge in [-0.05, 0) is 37.1 Å². The van der Waals surface area contributed by atoms with E-state index in [0.717, 1.165) is 16.0 Å². The Labute approximate surface area is 229 Å². The molecule has 0 spiro atoms. The van der Waals surface area contributed by atoms with Gasteiger partial charge in [0.25, 0.3) is 7.82 Å². The van der Waals surface area contributed by atoms with Crippen LogP contribution in [-0.4, -0.2) is 58.5 Å². The molecule has 0 radical (unpaired) electrons. The van der Waals surface area contributed by atoms with Crippen molar-refractivity contribution in [2.45, 2.75) is 44.6 Å². The van der Waals surface area contributed by atoms with Gasteiger partial charge < -0.3 is 38.6 Å². The first-order valence-corrected chi connectivity index (χ1v) is 15.2. The van der Waals surface area contributed by atoms with Gasteiger partial charge in [-0.2, -0.15) is 0 Å². The number of benzene rings is 2. The van der Waals surface area contributed by atoms with Crippen LogP contribution in [0.5, 0.6) is 0 Å². The predicted molar refractivity (Wildman–Crippen MR) is 136 cm³/mol. The number of amides is 2. The molecule has 2 aromatic carbocycles. The van der Waals surface area contributed by atoms with Gasteiger partial charge in [-0.25, -0.2) is 4.79 Å². The van der Waals surface area contributed by atoms with Gasteiger partial charge in [-0.1, -0.05) is 42.5 Å². The molecule has 1 saturated heterocycles. The summed E-state index contributed by atoms with van der Waals surface area (Å²) in [6.07, 6.45) is -3.87. The Bertz CT molecular complexity index is 1460. The van der Waals surface area contributed by atoms with Gasteiger partial charge in [0.2, 0.25) is 6.23 Å². The number of aliphatic hydroxyl groups excluding tert-OH is 2. The first-order chi connectivity index (χ1) is 18.8. The van der Waals surface area contributed by atoms with Crippen LogP contribution in [0, 0.1) is 13.8 Å². The quantitative estimate of drug-likeness (QED) is 0.367. The maximum Gasteiger partial charge on any atom is 0.326 e. The molecule has 2 amide bonds. The summed E-state index contributed by atoms with van der Waals surface area (Å²) in [6, 6.07) is 12.5. The molecule has 40 heavy (non-hydrogen) atoms. The molecule has 7 atom stereocenters. The zero-order valence-corrected chi connectivity index (χ0v) is 23.1. The number of rotatable bonds is 8. The number of fused-ring (bicyclic) bond motifs is 1. The fourth-order valence-corrected chi connectivity index (χ4v) is 6.94. The Morgan fingerprint density at radius 2 is 1.77 bits per heavy atom. The summed E-state index contributed by atoms with van der Waals surface area (Å²) in [5.41, 5.74) is 2.74. The Morgan fingerprint density at radius 1 is 1.05 bits per heavy atom. The second-order valence-electron chi connectivity index (χ2n) is 9.50. The zero-order valence-electron chi connectivity index (χ0n) is 21.3. The zero-order chi connectivity index (χ0) is 28.8. The van der Waals surface area contributed by atoms with Crippen molar-refractivity contribution in [3.8, 4) is 0 Å². The van der Waals surface area contributed by atoms with Gasteiger partial charge >= 0.3 is 6.03 Å². The fraction of sp³-hybridized carbons (Fsp3) is 0.320. The standard InChI is InChI=1S/C25H28N2O11P2/c1-14-8-9-18(10-15(14)2)39(31,32)38-40(33,34)35-13-20-21(28)22(29)24(37-20)27-12-17-11-19(16-6-4-3-5-7-16)36-23(17)26-25(27)30/h3-12,20-24,28-29H,13H2,1-2H3,(H,26,30)(H,31,32)(H,33,34)/p-2/t20-,21+,22?,23?,24-/m1/s1. The number of nitrogens with zero attached hydrogens (tertiary/aromatic N) is 1. The highest BCUT2D eigenvalue weighted by atomic mass is 31.3. The summed E-state index contributed by atoms with van der Waals surface area (Å²) in [4.78, 5) is 38.6. The van der Waals surface area contributed by atoms with E-state index in [9.17, 15) is 33.9 Å². The van der Waals surface area contributed by atoms with Crippen molar-refractivity contribution >= 4 is 32.5 Å². The van der Waals surface area contributed by atoms with Crippen LogP contribution in [0.1, 0.15) is 16.7 Å². The van der Waals surface area contributed by atoms with Gasteiger partial charge in [-0.3, -0.25) is 19.1 Å². The number of hydrogen-bond donors (Lipinski definition) is 3. The van der Waals surface area contributed by atoms with E-state index < -0.39 is 58.8 Å². The second kappa shape index (κ2) is 10.9. The lowest BCUT2D eigenvalue weighted by Crippen LogP contribution is -2.54. The highest BCUT2D eigenvalue weighted by Crippen LogP contribution is 2.54. The lowest BCUT2D eigenvalue weighted by atomic mass is 10.1. The van der Waals surface area contributed by atoms with E-state index in [0.29, 0.717) is 16.9 Å².